The zero-order chi connectivity index (χ0) is 21.5. The van der Waals surface area contributed by atoms with Gasteiger partial charge in [-0.05, 0) is 35.9 Å². The van der Waals surface area contributed by atoms with Crippen molar-refractivity contribution < 1.29 is 18.5 Å². The Morgan fingerprint density at radius 2 is 1.70 bits per heavy atom. The van der Waals surface area contributed by atoms with Crippen molar-refractivity contribution in [2.24, 2.45) is 0 Å². The fraction of sp³-hybridized carbons (Fsp3) is 0.364. The molecular weight excluding hydrogens is 402 g/mol. The predicted molar refractivity (Wildman–Crippen MR) is 118 cm³/mol. The van der Waals surface area contributed by atoms with Crippen molar-refractivity contribution in [3.63, 3.8) is 0 Å². The molecule has 1 saturated heterocycles. The Labute approximate surface area is 179 Å². The van der Waals surface area contributed by atoms with E-state index in [0.717, 1.165) is 43.1 Å². The highest BCUT2D eigenvalue weighted by Gasteiger charge is 2.19. The van der Waals surface area contributed by atoms with Crippen LogP contribution in [0.25, 0.3) is 0 Å². The van der Waals surface area contributed by atoms with E-state index in [0.29, 0.717) is 11.4 Å². The number of ether oxygens (including phenoxy) is 1. The second-order valence-corrected chi connectivity index (χ2v) is 8.52. The molecule has 8 heteroatoms. The SMILES string of the molecule is COC(=O)CN1CCN(c2ccc(NC(=O)Cc3ccccc3S(C)=O)cc2)CC1. The number of nitrogens with one attached hydrogen (secondary N) is 1. The Bertz CT molecular complexity index is 909. The lowest BCUT2D eigenvalue weighted by Gasteiger charge is -2.35. The maximum atomic E-state index is 12.4. The molecule has 1 aliphatic rings. The molecule has 1 amide bonds. The predicted octanol–water partition coefficient (Wildman–Crippen LogP) is 1.90. The van der Waals surface area contributed by atoms with Crippen LogP contribution >= 0.6 is 0 Å². The van der Waals surface area contributed by atoms with Gasteiger partial charge < -0.3 is 15.0 Å². The topological polar surface area (TPSA) is 79.0 Å². The maximum Gasteiger partial charge on any atom is 0.319 e. The summed E-state index contributed by atoms with van der Waals surface area (Å²) in [6.45, 7) is 3.57. The van der Waals surface area contributed by atoms with Crippen molar-refractivity contribution in [3.8, 4) is 0 Å². The normalized spacial score (nSPS) is 15.5. The van der Waals surface area contributed by atoms with Crippen LogP contribution in [0.5, 0.6) is 0 Å². The number of hydrogen-bond acceptors (Lipinski definition) is 6. The molecule has 3 rings (SSSR count). The van der Waals surface area contributed by atoms with Crippen LogP contribution in [0, 0.1) is 0 Å². The maximum absolute atomic E-state index is 12.4. The molecule has 1 N–H and O–H groups in total. The third-order valence-electron chi connectivity index (χ3n) is 5.10. The molecule has 2 aromatic carbocycles. The van der Waals surface area contributed by atoms with Crippen LogP contribution in [0.4, 0.5) is 11.4 Å². The monoisotopic (exact) mass is 429 g/mol. The van der Waals surface area contributed by atoms with Gasteiger partial charge in [-0.15, -0.1) is 0 Å². The van der Waals surface area contributed by atoms with Crippen molar-refractivity contribution in [1.82, 2.24) is 4.90 Å². The molecule has 160 valence electrons. The van der Waals surface area contributed by atoms with Crippen LogP contribution in [0.1, 0.15) is 5.56 Å². The molecule has 30 heavy (non-hydrogen) atoms. The summed E-state index contributed by atoms with van der Waals surface area (Å²) in [7, 11) is 0.274. The molecule has 0 saturated carbocycles. The summed E-state index contributed by atoms with van der Waals surface area (Å²) >= 11 is 0. The van der Waals surface area contributed by atoms with Gasteiger partial charge in [-0.2, -0.15) is 0 Å². The van der Waals surface area contributed by atoms with Crippen molar-refractivity contribution >= 4 is 34.1 Å². The van der Waals surface area contributed by atoms with E-state index < -0.39 is 10.8 Å². The van der Waals surface area contributed by atoms with Gasteiger partial charge in [0, 0.05) is 48.7 Å². The van der Waals surface area contributed by atoms with Crippen LogP contribution in [0.3, 0.4) is 0 Å². The first-order valence-corrected chi connectivity index (χ1v) is 11.4. The third-order valence-corrected chi connectivity index (χ3v) is 6.12. The summed E-state index contributed by atoms with van der Waals surface area (Å²) in [5.74, 6) is -0.353. The van der Waals surface area contributed by atoms with Crippen molar-refractivity contribution in [1.29, 1.82) is 0 Å². The zero-order valence-corrected chi connectivity index (χ0v) is 18.1. The largest absolute Gasteiger partial charge is 0.468 e. The van der Waals surface area contributed by atoms with Crippen LogP contribution in [-0.2, 0) is 31.5 Å². The molecule has 0 aromatic heterocycles. The minimum absolute atomic E-state index is 0.142. The van der Waals surface area contributed by atoms with E-state index in [1.807, 2.05) is 42.5 Å². The second kappa shape index (κ2) is 10.4. The van der Waals surface area contributed by atoms with E-state index in [-0.39, 0.29) is 18.3 Å². The Balaban J connectivity index is 1.53. The highest BCUT2D eigenvalue weighted by Crippen LogP contribution is 2.20. The number of carbonyl (C=O) groups is 2. The van der Waals surface area contributed by atoms with Gasteiger partial charge in [-0.1, -0.05) is 18.2 Å². The molecule has 0 spiro atoms. The van der Waals surface area contributed by atoms with Gasteiger partial charge in [0.1, 0.15) is 0 Å². The Morgan fingerprint density at radius 1 is 1.03 bits per heavy atom. The molecule has 0 radical (unpaired) electrons. The number of benzene rings is 2. The van der Waals surface area contributed by atoms with Gasteiger partial charge in [0.2, 0.25) is 5.91 Å². The van der Waals surface area contributed by atoms with Crippen molar-refractivity contribution in [3.05, 3.63) is 54.1 Å². The number of piperazine rings is 1. The average Bonchev–Trinajstić information content (AvgIpc) is 2.75. The number of rotatable bonds is 7. The molecule has 2 aromatic rings. The highest BCUT2D eigenvalue weighted by atomic mass is 32.2. The number of carbonyl (C=O) groups excluding carboxylic acids is 2. The Hall–Kier alpha value is -2.71. The Kier molecular flexibility index (Phi) is 7.59. The fourth-order valence-electron chi connectivity index (χ4n) is 3.48. The first-order valence-electron chi connectivity index (χ1n) is 9.81. The molecule has 1 atom stereocenters. The van der Waals surface area contributed by atoms with Crippen LogP contribution in [0.2, 0.25) is 0 Å². The van der Waals surface area contributed by atoms with E-state index in [1.54, 1.807) is 12.3 Å². The molecule has 1 fully saturated rings. The molecular formula is C22H27N3O4S. The van der Waals surface area contributed by atoms with Gasteiger partial charge in [0.05, 0.1) is 30.9 Å². The third kappa shape index (κ3) is 5.90. The highest BCUT2D eigenvalue weighted by molar-refractivity contribution is 7.84. The first-order chi connectivity index (χ1) is 14.5. The molecule has 1 heterocycles. The van der Waals surface area contributed by atoms with Crippen molar-refractivity contribution in [2.75, 3.05) is 56.3 Å². The van der Waals surface area contributed by atoms with Gasteiger partial charge in [-0.25, -0.2) is 0 Å². The lowest BCUT2D eigenvalue weighted by molar-refractivity contribution is -0.142. The molecule has 1 unspecified atom stereocenters. The van der Waals surface area contributed by atoms with Crippen LogP contribution < -0.4 is 10.2 Å². The Morgan fingerprint density at radius 3 is 2.33 bits per heavy atom. The van der Waals surface area contributed by atoms with Crippen molar-refractivity contribution in [2.45, 2.75) is 11.3 Å². The summed E-state index contributed by atoms with van der Waals surface area (Å²) < 4.78 is 16.6. The van der Waals surface area contributed by atoms with Crippen LogP contribution in [0.15, 0.2) is 53.4 Å². The second-order valence-electron chi connectivity index (χ2n) is 7.17. The lowest BCUT2D eigenvalue weighted by atomic mass is 10.1. The first kappa shape index (κ1) is 22.0. The average molecular weight is 430 g/mol. The summed E-state index contributed by atoms with van der Waals surface area (Å²) in [6.07, 6.45) is 1.80. The minimum atomic E-state index is -1.13. The number of nitrogens with zero attached hydrogens (tertiary/aromatic N) is 2. The fourth-order valence-corrected chi connectivity index (χ4v) is 4.25. The van der Waals surface area contributed by atoms with Crippen LogP contribution in [-0.4, -0.2) is 67.1 Å². The molecule has 0 aliphatic carbocycles. The van der Waals surface area contributed by atoms with Gasteiger partial charge in [0.25, 0.3) is 0 Å². The van der Waals surface area contributed by atoms with E-state index in [9.17, 15) is 13.8 Å². The van der Waals surface area contributed by atoms with E-state index in [2.05, 4.69) is 15.1 Å². The minimum Gasteiger partial charge on any atom is -0.468 e. The summed E-state index contributed by atoms with van der Waals surface area (Å²) in [4.78, 5) is 28.9. The van der Waals surface area contributed by atoms with Gasteiger partial charge in [-0.3, -0.25) is 18.7 Å². The van der Waals surface area contributed by atoms with E-state index in [4.69, 9.17) is 4.74 Å². The molecule has 0 bridgehead atoms. The molecule has 7 nitrogen and oxygen atoms in total. The number of anilines is 2. The number of methoxy groups -OCH3 is 1. The standard InChI is InChI=1S/C22H27N3O4S/c1-29-22(27)16-24-11-13-25(14-12-24)19-9-7-18(8-10-19)23-21(26)15-17-5-3-4-6-20(17)30(2)28/h3-10H,11-16H2,1-2H3,(H,23,26). The van der Waals surface area contributed by atoms with Gasteiger partial charge in [0.15, 0.2) is 0 Å². The summed E-state index contributed by atoms with van der Waals surface area (Å²) in [5.41, 5.74) is 2.58. The molecule has 1 aliphatic heterocycles. The van der Waals surface area contributed by atoms with E-state index >= 15 is 0 Å². The quantitative estimate of drug-likeness (QED) is 0.678. The van der Waals surface area contributed by atoms with Gasteiger partial charge >= 0.3 is 5.97 Å². The summed E-state index contributed by atoms with van der Waals surface area (Å²) in [6, 6.07) is 15.0. The van der Waals surface area contributed by atoms with E-state index in [1.165, 1.54) is 7.11 Å². The number of amides is 1. The number of hydrogen-bond donors (Lipinski definition) is 1. The zero-order valence-electron chi connectivity index (χ0n) is 17.3. The summed E-state index contributed by atoms with van der Waals surface area (Å²) in [5, 5.41) is 2.91. The smallest absolute Gasteiger partial charge is 0.319 e. The number of esters is 1. The lowest BCUT2D eigenvalue weighted by Crippen LogP contribution is -2.48.